The highest BCUT2D eigenvalue weighted by molar-refractivity contribution is 5.83. The molecule has 0 aromatic carbocycles. The summed E-state index contributed by atoms with van der Waals surface area (Å²) in [5, 5.41) is 7.73. The number of hydrogen-bond donors (Lipinski definition) is 0. The number of nitrogens with zero attached hydrogens (tertiary/aromatic N) is 3. The van der Waals surface area contributed by atoms with Crippen molar-refractivity contribution in [2.24, 2.45) is 13.0 Å². The molecule has 0 unspecified atom stereocenters. The molecule has 1 fully saturated rings. The van der Waals surface area contributed by atoms with E-state index in [-0.39, 0.29) is 5.92 Å². The Hall–Kier alpha value is -1.19. The summed E-state index contributed by atoms with van der Waals surface area (Å²) >= 11 is 0. The van der Waals surface area contributed by atoms with Crippen LogP contribution in [-0.4, -0.2) is 20.8 Å². The molecule has 4 heteroatoms. The minimum atomic E-state index is 0.289. The summed E-state index contributed by atoms with van der Waals surface area (Å²) in [5.74, 6) is 0.625. The lowest BCUT2D eigenvalue weighted by Gasteiger charge is -2.04. The lowest BCUT2D eigenvalue weighted by atomic mass is 9.99. The first-order valence-corrected chi connectivity index (χ1v) is 5.13. The quantitative estimate of drug-likeness (QED) is 0.722. The van der Waals surface area contributed by atoms with Gasteiger partial charge in [0.2, 0.25) is 0 Å². The van der Waals surface area contributed by atoms with Crippen LogP contribution in [-0.2, 0) is 18.3 Å². The van der Waals surface area contributed by atoms with Gasteiger partial charge in [-0.05, 0) is 12.8 Å². The SMILES string of the molecule is Cn1cc(CC(=O)C2CCCC2)nn1. The number of rotatable bonds is 3. The molecule has 1 aliphatic carbocycles. The number of carbonyl (C=O) groups excluding carboxylic acids is 1. The van der Waals surface area contributed by atoms with Gasteiger partial charge in [-0.3, -0.25) is 9.48 Å². The molecule has 0 spiro atoms. The van der Waals surface area contributed by atoms with Crippen LogP contribution in [0.2, 0.25) is 0 Å². The Morgan fingerprint density at radius 3 is 2.86 bits per heavy atom. The van der Waals surface area contributed by atoms with Crippen molar-refractivity contribution in [3.05, 3.63) is 11.9 Å². The van der Waals surface area contributed by atoms with Crippen LogP contribution < -0.4 is 0 Å². The Labute approximate surface area is 83.3 Å². The second-order valence-corrected chi connectivity index (χ2v) is 4.01. The molecule has 2 rings (SSSR count). The highest BCUT2D eigenvalue weighted by Crippen LogP contribution is 2.26. The van der Waals surface area contributed by atoms with Gasteiger partial charge in [-0.25, -0.2) is 0 Å². The number of carbonyl (C=O) groups is 1. The third-order valence-corrected chi connectivity index (χ3v) is 2.82. The molecule has 4 nitrogen and oxygen atoms in total. The van der Waals surface area contributed by atoms with Crippen molar-refractivity contribution in [2.45, 2.75) is 32.1 Å². The summed E-state index contributed by atoms with van der Waals surface area (Å²) in [5.41, 5.74) is 0.796. The van der Waals surface area contributed by atoms with E-state index in [1.54, 1.807) is 4.68 Å². The second-order valence-electron chi connectivity index (χ2n) is 4.01. The fraction of sp³-hybridized carbons (Fsp3) is 0.700. The lowest BCUT2D eigenvalue weighted by molar-refractivity contribution is -0.122. The molecule has 1 saturated carbocycles. The molecule has 1 aromatic rings. The van der Waals surface area contributed by atoms with E-state index >= 15 is 0 Å². The normalized spacial score (nSPS) is 17.5. The van der Waals surface area contributed by atoms with E-state index in [2.05, 4.69) is 10.3 Å². The molecule has 0 amide bonds. The third-order valence-electron chi connectivity index (χ3n) is 2.82. The van der Waals surface area contributed by atoms with E-state index in [0.29, 0.717) is 12.2 Å². The average molecular weight is 193 g/mol. The molecule has 0 aliphatic heterocycles. The molecule has 1 heterocycles. The second kappa shape index (κ2) is 3.90. The zero-order chi connectivity index (χ0) is 9.97. The van der Waals surface area contributed by atoms with Gasteiger partial charge in [0.25, 0.3) is 0 Å². The Morgan fingerprint density at radius 1 is 1.57 bits per heavy atom. The van der Waals surface area contributed by atoms with Gasteiger partial charge in [-0.1, -0.05) is 18.1 Å². The van der Waals surface area contributed by atoms with Crippen LogP contribution in [0.1, 0.15) is 31.4 Å². The zero-order valence-corrected chi connectivity index (χ0v) is 8.44. The van der Waals surface area contributed by atoms with Crippen molar-refractivity contribution in [3.63, 3.8) is 0 Å². The van der Waals surface area contributed by atoms with Gasteiger partial charge >= 0.3 is 0 Å². The fourth-order valence-electron chi connectivity index (χ4n) is 2.05. The Morgan fingerprint density at radius 2 is 2.29 bits per heavy atom. The zero-order valence-electron chi connectivity index (χ0n) is 8.44. The van der Waals surface area contributed by atoms with E-state index in [1.165, 1.54) is 12.8 Å². The number of ketones is 1. The molecule has 1 aliphatic rings. The molecular weight excluding hydrogens is 178 g/mol. The van der Waals surface area contributed by atoms with Gasteiger partial charge in [-0.2, -0.15) is 0 Å². The Bertz CT molecular complexity index is 326. The summed E-state index contributed by atoms with van der Waals surface area (Å²) in [6.07, 6.45) is 6.82. The fourth-order valence-corrected chi connectivity index (χ4v) is 2.05. The topological polar surface area (TPSA) is 47.8 Å². The van der Waals surface area contributed by atoms with Gasteiger partial charge in [0.15, 0.2) is 0 Å². The third kappa shape index (κ3) is 2.00. The van der Waals surface area contributed by atoms with Crippen LogP contribution in [0.25, 0.3) is 0 Å². The predicted octanol–water partition coefficient (Wildman–Crippen LogP) is 1.12. The minimum absolute atomic E-state index is 0.289. The number of aromatic nitrogens is 3. The van der Waals surface area contributed by atoms with Crippen LogP contribution in [0.15, 0.2) is 6.20 Å². The monoisotopic (exact) mass is 193 g/mol. The van der Waals surface area contributed by atoms with Gasteiger partial charge in [0, 0.05) is 19.2 Å². The molecule has 0 radical (unpaired) electrons. The Balaban J connectivity index is 1.93. The summed E-state index contributed by atoms with van der Waals surface area (Å²) in [6.45, 7) is 0. The molecule has 14 heavy (non-hydrogen) atoms. The van der Waals surface area contributed by atoms with Gasteiger partial charge in [0.1, 0.15) is 5.78 Å². The first-order chi connectivity index (χ1) is 6.75. The largest absolute Gasteiger partial charge is 0.299 e. The van der Waals surface area contributed by atoms with Crippen LogP contribution in [0.5, 0.6) is 0 Å². The van der Waals surface area contributed by atoms with Crippen LogP contribution >= 0.6 is 0 Å². The van der Waals surface area contributed by atoms with Crippen LogP contribution in [0, 0.1) is 5.92 Å². The highest BCUT2D eigenvalue weighted by Gasteiger charge is 2.23. The van der Waals surface area contributed by atoms with E-state index in [0.717, 1.165) is 18.5 Å². The summed E-state index contributed by atoms with van der Waals surface area (Å²) in [7, 11) is 1.82. The maximum Gasteiger partial charge on any atom is 0.142 e. The summed E-state index contributed by atoms with van der Waals surface area (Å²) in [4.78, 5) is 11.7. The number of hydrogen-bond acceptors (Lipinski definition) is 3. The molecule has 0 atom stereocenters. The predicted molar refractivity (Wildman–Crippen MR) is 51.7 cm³/mol. The van der Waals surface area contributed by atoms with E-state index in [9.17, 15) is 4.79 Å². The van der Waals surface area contributed by atoms with Gasteiger partial charge < -0.3 is 0 Å². The number of aryl methyl sites for hydroxylation is 1. The minimum Gasteiger partial charge on any atom is -0.299 e. The first kappa shape index (κ1) is 9.37. The van der Waals surface area contributed by atoms with E-state index in [4.69, 9.17) is 0 Å². The van der Waals surface area contributed by atoms with Crippen molar-refractivity contribution in [1.29, 1.82) is 0 Å². The molecule has 0 bridgehead atoms. The first-order valence-electron chi connectivity index (χ1n) is 5.13. The highest BCUT2D eigenvalue weighted by atomic mass is 16.1. The van der Waals surface area contributed by atoms with Crippen molar-refractivity contribution in [3.8, 4) is 0 Å². The smallest absolute Gasteiger partial charge is 0.142 e. The lowest BCUT2D eigenvalue weighted by Crippen LogP contribution is -2.13. The molecular formula is C10H15N3O. The molecule has 0 saturated heterocycles. The maximum atomic E-state index is 11.7. The number of Topliss-reactive ketones (excluding diaryl/α,β-unsaturated/α-hetero) is 1. The van der Waals surface area contributed by atoms with Crippen molar-refractivity contribution in [2.75, 3.05) is 0 Å². The van der Waals surface area contributed by atoms with E-state index < -0.39 is 0 Å². The average Bonchev–Trinajstić information content (AvgIpc) is 2.75. The van der Waals surface area contributed by atoms with Crippen molar-refractivity contribution in [1.82, 2.24) is 15.0 Å². The summed E-state index contributed by atoms with van der Waals surface area (Å²) in [6, 6.07) is 0. The van der Waals surface area contributed by atoms with Gasteiger partial charge in [-0.15, -0.1) is 5.10 Å². The standard InChI is InChI=1S/C10H15N3O/c1-13-7-9(11-12-13)6-10(14)8-4-2-3-5-8/h7-8H,2-6H2,1H3. The van der Waals surface area contributed by atoms with Crippen LogP contribution in [0.4, 0.5) is 0 Å². The van der Waals surface area contributed by atoms with Crippen molar-refractivity contribution >= 4 is 5.78 Å². The van der Waals surface area contributed by atoms with E-state index in [1.807, 2.05) is 13.2 Å². The summed E-state index contributed by atoms with van der Waals surface area (Å²) < 4.78 is 1.64. The van der Waals surface area contributed by atoms with Crippen LogP contribution in [0.3, 0.4) is 0 Å². The maximum absolute atomic E-state index is 11.7. The van der Waals surface area contributed by atoms with Crippen molar-refractivity contribution < 1.29 is 4.79 Å². The van der Waals surface area contributed by atoms with Gasteiger partial charge in [0.05, 0.1) is 12.1 Å². The molecule has 1 aromatic heterocycles. The Kier molecular flexibility index (Phi) is 2.61. The molecule has 76 valence electrons. The molecule has 0 N–H and O–H groups in total.